The number of nitrogens with two attached hydrogens (primary N) is 1. The minimum absolute atomic E-state index is 0.0300. The molecule has 0 spiro atoms. The van der Waals surface area contributed by atoms with Crippen LogP contribution >= 0.6 is 0 Å². The molecular formula is C12H19N5O2. The van der Waals surface area contributed by atoms with Crippen molar-refractivity contribution in [3.8, 4) is 0 Å². The summed E-state index contributed by atoms with van der Waals surface area (Å²) in [4.78, 5) is 33.7. The van der Waals surface area contributed by atoms with Gasteiger partial charge in [-0.05, 0) is 12.8 Å². The van der Waals surface area contributed by atoms with Crippen molar-refractivity contribution in [1.82, 2.24) is 19.8 Å². The quantitative estimate of drug-likeness (QED) is 0.814. The molecule has 0 radical (unpaired) electrons. The number of amides is 3. The van der Waals surface area contributed by atoms with Crippen molar-refractivity contribution < 1.29 is 9.59 Å². The third kappa shape index (κ3) is 3.24. The molecule has 1 saturated heterocycles. The molecule has 2 heterocycles. The predicted molar refractivity (Wildman–Crippen MR) is 68.9 cm³/mol. The first kappa shape index (κ1) is 13.4. The molecule has 7 heteroatoms. The standard InChI is InChI=1S/C12H19N5O2/c1-16(8-10-14-4-5-15-10)11(18)9-3-2-6-17(7-9)12(13)19/h4-5,9H,2-3,6-8H2,1H3,(H2,13,19)(H,14,15). The number of hydrogen-bond acceptors (Lipinski definition) is 3. The van der Waals surface area contributed by atoms with Gasteiger partial charge in [0.2, 0.25) is 5.91 Å². The van der Waals surface area contributed by atoms with Gasteiger partial charge in [-0.1, -0.05) is 0 Å². The van der Waals surface area contributed by atoms with Crippen molar-refractivity contribution in [1.29, 1.82) is 0 Å². The monoisotopic (exact) mass is 265 g/mol. The van der Waals surface area contributed by atoms with Gasteiger partial charge in [-0.2, -0.15) is 0 Å². The third-order valence-electron chi connectivity index (χ3n) is 3.40. The molecule has 1 aromatic heterocycles. The molecule has 7 nitrogen and oxygen atoms in total. The second-order valence-corrected chi connectivity index (χ2v) is 4.85. The number of carbonyl (C=O) groups is 2. The van der Waals surface area contributed by atoms with Crippen LogP contribution in [-0.4, -0.2) is 51.8 Å². The Morgan fingerprint density at radius 1 is 1.63 bits per heavy atom. The highest BCUT2D eigenvalue weighted by atomic mass is 16.2. The zero-order chi connectivity index (χ0) is 13.8. The minimum Gasteiger partial charge on any atom is -0.351 e. The topological polar surface area (TPSA) is 95.3 Å². The minimum atomic E-state index is -0.453. The average Bonchev–Trinajstić information content (AvgIpc) is 2.90. The molecule has 1 fully saturated rings. The fraction of sp³-hybridized carbons (Fsp3) is 0.583. The second kappa shape index (κ2) is 5.73. The molecule has 0 aromatic carbocycles. The number of piperidine rings is 1. The van der Waals surface area contributed by atoms with E-state index in [-0.39, 0.29) is 11.8 Å². The Morgan fingerprint density at radius 3 is 3.05 bits per heavy atom. The number of nitrogens with one attached hydrogen (secondary N) is 1. The summed E-state index contributed by atoms with van der Waals surface area (Å²) >= 11 is 0. The summed E-state index contributed by atoms with van der Waals surface area (Å²) in [6.07, 6.45) is 4.99. The molecule has 1 aliphatic rings. The fourth-order valence-electron chi connectivity index (χ4n) is 2.38. The van der Waals surface area contributed by atoms with Gasteiger partial charge in [-0.3, -0.25) is 4.79 Å². The summed E-state index contributed by atoms with van der Waals surface area (Å²) in [5.41, 5.74) is 5.26. The highest BCUT2D eigenvalue weighted by molar-refractivity contribution is 5.80. The Hall–Kier alpha value is -2.05. The number of primary amides is 1. The molecule has 104 valence electrons. The first-order valence-corrected chi connectivity index (χ1v) is 6.35. The lowest BCUT2D eigenvalue weighted by Gasteiger charge is -2.32. The Labute approximate surface area is 111 Å². The number of rotatable bonds is 3. The molecule has 0 bridgehead atoms. The lowest BCUT2D eigenvalue weighted by molar-refractivity contribution is -0.136. The lowest BCUT2D eigenvalue weighted by atomic mass is 9.97. The van der Waals surface area contributed by atoms with Crippen LogP contribution < -0.4 is 5.73 Å². The van der Waals surface area contributed by atoms with E-state index in [1.165, 1.54) is 4.90 Å². The number of hydrogen-bond donors (Lipinski definition) is 2. The van der Waals surface area contributed by atoms with Gasteiger partial charge in [-0.15, -0.1) is 0 Å². The van der Waals surface area contributed by atoms with Crippen LogP contribution in [0.5, 0.6) is 0 Å². The van der Waals surface area contributed by atoms with E-state index in [0.29, 0.717) is 19.6 Å². The van der Waals surface area contributed by atoms with Crippen molar-refractivity contribution in [3.05, 3.63) is 18.2 Å². The Morgan fingerprint density at radius 2 is 2.42 bits per heavy atom. The smallest absolute Gasteiger partial charge is 0.314 e. The first-order valence-electron chi connectivity index (χ1n) is 6.35. The fourth-order valence-corrected chi connectivity index (χ4v) is 2.38. The number of carbonyl (C=O) groups excluding carboxylic acids is 2. The van der Waals surface area contributed by atoms with Gasteiger partial charge in [0.15, 0.2) is 0 Å². The van der Waals surface area contributed by atoms with Crippen LogP contribution in [0.2, 0.25) is 0 Å². The van der Waals surface area contributed by atoms with Crippen LogP contribution in [-0.2, 0) is 11.3 Å². The SMILES string of the molecule is CN(Cc1ncc[nH]1)C(=O)C1CCCN(C(N)=O)C1. The maximum absolute atomic E-state index is 12.3. The third-order valence-corrected chi connectivity index (χ3v) is 3.40. The van der Waals surface area contributed by atoms with Crippen LogP contribution in [0.4, 0.5) is 4.79 Å². The van der Waals surface area contributed by atoms with Gasteiger partial charge >= 0.3 is 6.03 Å². The van der Waals surface area contributed by atoms with E-state index < -0.39 is 6.03 Å². The summed E-state index contributed by atoms with van der Waals surface area (Å²) in [7, 11) is 1.74. The van der Waals surface area contributed by atoms with Crippen molar-refractivity contribution >= 4 is 11.9 Å². The van der Waals surface area contributed by atoms with E-state index in [4.69, 9.17) is 5.73 Å². The highest BCUT2D eigenvalue weighted by Crippen LogP contribution is 2.18. The normalized spacial score (nSPS) is 19.2. The van der Waals surface area contributed by atoms with Crippen molar-refractivity contribution in [2.75, 3.05) is 20.1 Å². The van der Waals surface area contributed by atoms with Gasteiger partial charge in [-0.25, -0.2) is 9.78 Å². The summed E-state index contributed by atoms with van der Waals surface area (Å²) in [6.45, 7) is 1.50. The maximum atomic E-state index is 12.3. The van der Waals surface area contributed by atoms with Crippen LogP contribution in [0.1, 0.15) is 18.7 Å². The van der Waals surface area contributed by atoms with Crippen molar-refractivity contribution in [2.45, 2.75) is 19.4 Å². The number of imidazole rings is 1. The molecule has 3 N–H and O–H groups in total. The zero-order valence-corrected chi connectivity index (χ0v) is 11.0. The van der Waals surface area contributed by atoms with Gasteiger partial charge in [0, 0.05) is 32.5 Å². The number of H-pyrrole nitrogens is 1. The average molecular weight is 265 g/mol. The van der Waals surface area contributed by atoms with Crippen LogP contribution in [0.3, 0.4) is 0 Å². The molecule has 19 heavy (non-hydrogen) atoms. The molecule has 1 aliphatic heterocycles. The molecule has 0 aliphatic carbocycles. The number of nitrogens with zero attached hydrogens (tertiary/aromatic N) is 3. The Balaban J connectivity index is 1.93. The molecule has 1 aromatic rings. The second-order valence-electron chi connectivity index (χ2n) is 4.85. The Bertz CT molecular complexity index is 445. The lowest BCUT2D eigenvalue weighted by Crippen LogP contribution is -2.47. The van der Waals surface area contributed by atoms with Gasteiger partial charge in [0.1, 0.15) is 5.82 Å². The summed E-state index contributed by atoms with van der Waals surface area (Å²) in [5.74, 6) is 0.613. The summed E-state index contributed by atoms with van der Waals surface area (Å²) < 4.78 is 0. The van der Waals surface area contributed by atoms with E-state index >= 15 is 0 Å². The number of likely N-dealkylation sites (tertiary alicyclic amines) is 1. The number of urea groups is 1. The van der Waals surface area contributed by atoms with Crippen LogP contribution in [0, 0.1) is 5.92 Å². The van der Waals surface area contributed by atoms with Crippen LogP contribution in [0.15, 0.2) is 12.4 Å². The van der Waals surface area contributed by atoms with Crippen molar-refractivity contribution in [3.63, 3.8) is 0 Å². The van der Waals surface area contributed by atoms with Crippen molar-refractivity contribution in [2.24, 2.45) is 11.7 Å². The van der Waals surface area contributed by atoms with Gasteiger partial charge < -0.3 is 20.5 Å². The van der Waals surface area contributed by atoms with E-state index in [9.17, 15) is 9.59 Å². The maximum Gasteiger partial charge on any atom is 0.314 e. The van der Waals surface area contributed by atoms with Gasteiger partial charge in [0.25, 0.3) is 0 Å². The summed E-state index contributed by atoms with van der Waals surface area (Å²) in [6, 6.07) is -0.453. The molecule has 1 atom stereocenters. The zero-order valence-electron chi connectivity index (χ0n) is 11.0. The van der Waals surface area contributed by atoms with E-state index in [1.807, 2.05) is 0 Å². The Kier molecular flexibility index (Phi) is 4.03. The number of aromatic nitrogens is 2. The predicted octanol–water partition coefficient (Wildman–Crippen LogP) is 0.159. The molecule has 0 saturated carbocycles. The largest absolute Gasteiger partial charge is 0.351 e. The van der Waals surface area contributed by atoms with Crippen LogP contribution in [0.25, 0.3) is 0 Å². The molecule has 2 rings (SSSR count). The molecular weight excluding hydrogens is 246 g/mol. The molecule has 1 unspecified atom stereocenters. The van der Waals surface area contributed by atoms with E-state index in [1.54, 1.807) is 24.3 Å². The van der Waals surface area contributed by atoms with Gasteiger partial charge in [0.05, 0.1) is 12.5 Å². The number of aromatic amines is 1. The first-order chi connectivity index (χ1) is 9.08. The van der Waals surface area contributed by atoms with E-state index in [2.05, 4.69) is 9.97 Å². The highest BCUT2D eigenvalue weighted by Gasteiger charge is 2.29. The molecule has 3 amide bonds. The summed E-state index contributed by atoms with van der Waals surface area (Å²) in [5, 5.41) is 0. The van der Waals surface area contributed by atoms with E-state index in [0.717, 1.165) is 18.7 Å².